The van der Waals surface area contributed by atoms with Crippen LogP contribution in [0.15, 0.2) is 175 Å². The van der Waals surface area contributed by atoms with Crippen LogP contribution in [0.4, 0.5) is 14.4 Å². The highest BCUT2D eigenvalue weighted by molar-refractivity contribution is 5.98. The Kier molecular flexibility index (Phi) is 22.1. The number of nitrogens with zero attached hydrogens (tertiary/aromatic N) is 3. The Labute approximate surface area is 513 Å². The number of hydrogen-bond acceptors (Lipinski definition) is 12. The predicted molar refractivity (Wildman–Crippen MR) is 329 cm³/mol. The summed E-state index contributed by atoms with van der Waals surface area (Å²) in [7, 11) is 0. The number of carboxylic acids is 1. The van der Waals surface area contributed by atoms with Crippen molar-refractivity contribution in [2.75, 3.05) is 19.6 Å². The number of ether oxygens (including phenoxy) is 3. The summed E-state index contributed by atoms with van der Waals surface area (Å²) in [4.78, 5) is 101. The molecule has 5 N–H and O–H groups in total. The molecule has 2 fully saturated rings. The van der Waals surface area contributed by atoms with E-state index in [9.17, 15) is 38.4 Å². The van der Waals surface area contributed by atoms with Gasteiger partial charge in [0.1, 0.15) is 37.9 Å². The van der Waals surface area contributed by atoms with Gasteiger partial charge in [0.25, 0.3) is 0 Å². The molecule has 6 aromatic carbocycles. The van der Waals surface area contributed by atoms with Gasteiger partial charge in [0, 0.05) is 25.4 Å². The minimum Gasteiger partial charge on any atom is -0.480 e. The van der Waals surface area contributed by atoms with Crippen LogP contribution in [0.25, 0.3) is 0 Å². The highest BCUT2D eigenvalue weighted by Gasteiger charge is 2.42. The zero-order chi connectivity index (χ0) is 61.9. The second-order valence-electron chi connectivity index (χ2n) is 22.8. The number of nitrogens with one attached hydrogen (secondary N) is 2. The van der Waals surface area contributed by atoms with Crippen molar-refractivity contribution in [2.45, 2.75) is 134 Å². The van der Waals surface area contributed by atoms with Crippen molar-refractivity contribution in [1.29, 1.82) is 0 Å². The summed E-state index contributed by atoms with van der Waals surface area (Å²) >= 11 is 0. The first-order valence-corrected chi connectivity index (χ1v) is 30.1. The van der Waals surface area contributed by atoms with E-state index < -0.39 is 42.4 Å². The van der Waals surface area contributed by atoms with Crippen LogP contribution < -0.4 is 16.4 Å². The van der Waals surface area contributed by atoms with E-state index in [4.69, 9.17) is 25.1 Å². The van der Waals surface area contributed by atoms with Gasteiger partial charge in [0.15, 0.2) is 11.6 Å². The SMILES string of the molecule is CC1=C[C@@H](C(=O)N[C@@H]2CCCc3ccccc32)N(C(=O)OCc2ccccc2)C1.N[C@@H]1CCCc2ccccc21.O=C1C[C@@H](C(=O)N[C@@H]2CCCc3ccccc32)N(C(=O)OCc2ccccc2)C1.O=C1C[C@@H](C(=O)O)N(C(=O)OCc2ccccc2)C1. The van der Waals surface area contributed by atoms with Crippen molar-refractivity contribution in [2.24, 2.45) is 5.73 Å². The maximum Gasteiger partial charge on any atom is 0.411 e. The van der Waals surface area contributed by atoms with Crippen LogP contribution in [-0.2, 0) is 77.3 Å². The van der Waals surface area contributed by atoms with Gasteiger partial charge in [-0.2, -0.15) is 0 Å². The number of likely N-dealkylation sites (tertiary alicyclic amines) is 2. The number of rotatable bonds is 11. The van der Waals surface area contributed by atoms with Crippen LogP contribution in [0.5, 0.6) is 0 Å². The molecule has 0 aromatic heterocycles. The number of hydrogen-bond donors (Lipinski definition) is 4. The highest BCUT2D eigenvalue weighted by Crippen LogP contribution is 2.33. The number of benzene rings is 6. The van der Waals surface area contributed by atoms with Gasteiger partial charge in [-0.3, -0.25) is 33.9 Å². The Hall–Kier alpha value is -9.42. The summed E-state index contributed by atoms with van der Waals surface area (Å²) in [5, 5.41) is 15.2. The summed E-state index contributed by atoms with van der Waals surface area (Å²) in [5.41, 5.74) is 17.2. The average Bonchev–Trinajstić information content (AvgIpc) is 3.79. The van der Waals surface area contributed by atoms with Gasteiger partial charge in [0.05, 0.1) is 25.2 Å². The molecule has 6 aliphatic rings. The third-order valence-electron chi connectivity index (χ3n) is 16.4. The molecule has 0 spiro atoms. The highest BCUT2D eigenvalue weighted by atomic mass is 16.6. The van der Waals surface area contributed by atoms with E-state index in [1.807, 2.05) is 122 Å². The minimum absolute atomic E-state index is 0.0102. The molecule has 0 bridgehead atoms. The summed E-state index contributed by atoms with van der Waals surface area (Å²) < 4.78 is 15.8. The lowest BCUT2D eigenvalue weighted by atomic mass is 9.87. The standard InChI is InChI=1S/C24H26N2O3.C23H24N2O4.C13H13NO5.C10H13N/c1-17-14-22(26(15-17)24(28)29-16-18-8-3-2-4-9-18)23(27)25-21-13-7-11-19-10-5-6-12-20(19)21;26-18-13-21(25(14-18)23(28)29-15-16-7-2-1-3-8-16)22(27)24-20-12-6-10-17-9-4-5-11-19(17)20;15-10-6-11(12(16)17)14(7-10)13(18)19-8-9-4-2-1-3-5-9;11-10-7-3-5-8-4-1-2-6-9(8)10/h2-6,8-10,12,14,21-22H,7,11,13,15-16H2,1H3,(H,25,27);1-5,7-9,11,20-21H,6,10,12-15H2,(H,24,27);1-5,11H,6-8H2,(H,16,17);1-2,4,6,10H,3,5,7,11H2/t21-,22+;20-,21+;11-;10-/m1101/s1. The van der Waals surface area contributed by atoms with Gasteiger partial charge in [0.2, 0.25) is 11.8 Å². The van der Waals surface area contributed by atoms with Gasteiger partial charge >= 0.3 is 24.2 Å². The third-order valence-corrected chi connectivity index (χ3v) is 16.4. The molecule has 3 heterocycles. The maximum absolute atomic E-state index is 13.1. The Morgan fingerprint density at radius 2 is 0.852 bits per heavy atom. The smallest absolute Gasteiger partial charge is 0.411 e. The van der Waals surface area contributed by atoms with E-state index in [1.165, 1.54) is 50.5 Å². The molecule has 18 nitrogen and oxygen atoms in total. The van der Waals surface area contributed by atoms with Crippen LogP contribution in [-0.4, -0.2) is 105 Å². The van der Waals surface area contributed by atoms with Crippen molar-refractivity contribution >= 4 is 47.6 Å². The molecular formula is C70H76N6O12. The number of carbonyl (C=O) groups excluding carboxylic acids is 7. The molecule has 6 atom stereocenters. The number of carbonyl (C=O) groups is 8. The molecule has 3 aliphatic carbocycles. The van der Waals surface area contributed by atoms with Crippen molar-refractivity contribution < 1.29 is 57.7 Å². The first-order valence-electron chi connectivity index (χ1n) is 30.1. The van der Waals surface area contributed by atoms with Crippen LogP contribution in [0.2, 0.25) is 0 Å². The van der Waals surface area contributed by atoms with Crippen molar-refractivity contribution in [3.63, 3.8) is 0 Å². The number of aryl methyl sites for hydroxylation is 3. The van der Waals surface area contributed by atoms with E-state index in [0.29, 0.717) is 12.6 Å². The van der Waals surface area contributed by atoms with Crippen molar-refractivity contribution in [3.8, 4) is 0 Å². The van der Waals surface area contributed by atoms with Crippen LogP contribution >= 0.6 is 0 Å². The van der Waals surface area contributed by atoms with E-state index in [0.717, 1.165) is 77.7 Å². The lowest BCUT2D eigenvalue weighted by molar-refractivity contribution is -0.142. The fourth-order valence-corrected chi connectivity index (χ4v) is 11.9. The fraction of sp³-hybridized carbons (Fsp3) is 0.343. The number of aliphatic carboxylic acids is 1. The third kappa shape index (κ3) is 17.0. The number of nitrogens with two attached hydrogens (primary N) is 1. The summed E-state index contributed by atoms with van der Waals surface area (Å²) in [6.07, 6.45) is 9.31. The lowest BCUT2D eigenvalue weighted by Crippen LogP contribution is -2.47. The zero-order valence-electron chi connectivity index (χ0n) is 49.5. The van der Waals surface area contributed by atoms with Gasteiger partial charge in [-0.15, -0.1) is 0 Å². The maximum atomic E-state index is 13.1. The molecule has 88 heavy (non-hydrogen) atoms. The molecule has 6 aromatic rings. The van der Waals surface area contributed by atoms with E-state index >= 15 is 0 Å². The van der Waals surface area contributed by atoms with Gasteiger partial charge in [-0.05, 0) is 115 Å². The number of Topliss-reactive ketones (excluding diaryl/α,β-unsaturated/α-hetero) is 2. The second-order valence-corrected chi connectivity index (χ2v) is 22.8. The van der Waals surface area contributed by atoms with E-state index in [1.54, 1.807) is 12.1 Å². The monoisotopic (exact) mass is 1190 g/mol. The van der Waals surface area contributed by atoms with Crippen LogP contribution in [0, 0.1) is 0 Å². The van der Waals surface area contributed by atoms with Gasteiger partial charge in [-0.1, -0.05) is 175 Å². The number of fused-ring (bicyclic) bond motifs is 3. The van der Waals surface area contributed by atoms with E-state index in [2.05, 4.69) is 53.1 Å². The average molecular weight is 1190 g/mol. The summed E-state index contributed by atoms with van der Waals surface area (Å²) in [6.45, 7) is 2.40. The molecule has 458 valence electrons. The topological polar surface area (TPSA) is 244 Å². The lowest BCUT2D eigenvalue weighted by Gasteiger charge is -2.29. The molecule has 3 aliphatic heterocycles. The van der Waals surface area contributed by atoms with Crippen molar-refractivity contribution in [1.82, 2.24) is 25.3 Å². The molecular weight excluding hydrogens is 1120 g/mol. The Balaban J connectivity index is 0.000000147. The minimum atomic E-state index is -1.19. The first kappa shape index (κ1) is 63.1. The quantitative estimate of drug-likeness (QED) is 0.0698. The first-order chi connectivity index (χ1) is 42.7. The molecule has 2 saturated heterocycles. The fourth-order valence-electron chi connectivity index (χ4n) is 11.9. The van der Waals surface area contributed by atoms with E-state index in [-0.39, 0.29) is 81.2 Å². The predicted octanol–water partition coefficient (Wildman–Crippen LogP) is 10.4. The Bertz CT molecular complexity index is 3450. The number of carboxylic acid groups (broad SMARTS) is 1. The van der Waals surface area contributed by atoms with Crippen molar-refractivity contribution in [3.05, 3.63) is 226 Å². The molecule has 0 saturated carbocycles. The van der Waals surface area contributed by atoms with Gasteiger partial charge in [-0.25, -0.2) is 19.2 Å². The Morgan fingerprint density at radius 3 is 1.31 bits per heavy atom. The van der Waals surface area contributed by atoms with Gasteiger partial charge < -0.3 is 35.7 Å². The molecule has 18 heteroatoms. The number of amides is 5. The van der Waals surface area contributed by atoms with Crippen LogP contribution in [0.1, 0.15) is 126 Å². The molecule has 5 amide bonds. The normalized spacial score (nSPS) is 20.5. The number of ketones is 2. The molecule has 0 radical (unpaired) electrons. The van der Waals surface area contributed by atoms with Crippen LogP contribution in [0.3, 0.4) is 0 Å². The Morgan fingerprint density at radius 1 is 0.477 bits per heavy atom. The zero-order valence-corrected chi connectivity index (χ0v) is 49.5. The second kappa shape index (κ2) is 30.8. The largest absolute Gasteiger partial charge is 0.480 e. The molecule has 12 rings (SSSR count). The summed E-state index contributed by atoms with van der Waals surface area (Å²) in [6, 6.07) is 50.4. The molecule has 0 unspecified atom stereocenters. The summed E-state index contributed by atoms with van der Waals surface area (Å²) in [5.74, 6) is -2.05.